The smallest absolute Gasteiger partial charge is 0.115 e. The molecule has 2 rings (SSSR count). The molecule has 2 N–H and O–H groups in total. The molecule has 0 aliphatic rings. The molecule has 0 fully saturated rings. The zero-order valence-corrected chi connectivity index (χ0v) is 11.8. The molecule has 2 aromatic rings. The van der Waals surface area contributed by atoms with E-state index in [1.807, 2.05) is 19.2 Å². The lowest BCUT2D eigenvalue weighted by Gasteiger charge is -2.18. The summed E-state index contributed by atoms with van der Waals surface area (Å²) in [7, 11) is 2.00. The van der Waals surface area contributed by atoms with Crippen LogP contribution in [0.2, 0.25) is 0 Å². The van der Waals surface area contributed by atoms with Crippen LogP contribution in [0.5, 0.6) is 5.75 Å². The predicted octanol–water partition coefficient (Wildman–Crippen LogP) is 3.16. The molecule has 0 saturated heterocycles. The molecular formula is C16H22N2O. The molecule has 3 heteroatoms. The number of nitrogens with zero attached hydrogens (tertiary/aromatic N) is 1. The molecule has 1 heterocycles. The van der Waals surface area contributed by atoms with Gasteiger partial charge in [-0.3, -0.25) is 0 Å². The lowest BCUT2D eigenvalue weighted by Crippen LogP contribution is -2.21. The van der Waals surface area contributed by atoms with Gasteiger partial charge in [-0.15, -0.1) is 0 Å². The van der Waals surface area contributed by atoms with E-state index in [2.05, 4.69) is 42.2 Å². The van der Waals surface area contributed by atoms with Crippen LogP contribution in [0.25, 0.3) is 0 Å². The second kappa shape index (κ2) is 5.93. The molecule has 0 aliphatic heterocycles. The van der Waals surface area contributed by atoms with E-state index in [0.717, 1.165) is 6.54 Å². The first-order valence-electron chi connectivity index (χ1n) is 6.71. The highest BCUT2D eigenvalue weighted by Gasteiger charge is 2.14. The molecule has 0 saturated carbocycles. The van der Waals surface area contributed by atoms with Crippen LogP contribution in [-0.4, -0.2) is 16.7 Å². The fourth-order valence-electron chi connectivity index (χ4n) is 2.44. The molecule has 0 spiro atoms. The third-order valence-electron chi connectivity index (χ3n) is 3.41. The van der Waals surface area contributed by atoms with Gasteiger partial charge >= 0.3 is 0 Å². The van der Waals surface area contributed by atoms with Crippen molar-refractivity contribution in [2.75, 3.05) is 7.05 Å². The molecule has 0 bridgehead atoms. The van der Waals surface area contributed by atoms with Gasteiger partial charge in [0.05, 0.1) is 0 Å². The minimum absolute atomic E-state index is 0.312. The highest BCUT2D eigenvalue weighted by molar-refractivity contribution is 5.26. The van der Waals surface area contributed by atoms with Crippen molar-refractivity contribution >= 4 is 0 Å². The molecule has 0 radical (unpaired) electrons. The van der Waals surface area contributed by atoms with Crippen LogP contribution in [0.1, 0.15) is 31.0 Å². The fraction of sp³-hybridized carbons (Fsp3) is 0.375. The van der Waals surface area contributed by atoms with Crippen LogP contribution in [0.4, 0.5) is 0 Å². The van der Waals surface area contributed by atoms with Crippen LogP contribution in [0, 0.1) is 5.92 Å². The third kappa shape index (κ3) is 3.38. The number of aromatic nitrogens is 1. The molecular weight excluding hydrogens is 236 g/mol. The Balaban J connectivity index is 2.10. The van der Waals surface area contributed by atoms with Crippen molar-refractivity contribution in [2.45, 2.75) is 26.4 Å². The third-order valence-corrected chi connectivity index (χ3v) is 3.41. The second-order valence-corrected chi connectivity index (χ2v) is 5.29. The summed E-state index contributed by atoms with van der Waals surface area (Å²) >= 11 is 0. The van der Waals surface area contributed by atoms with Crippen molar-refractivity contribution in [1.29, 1.82) is 0 Å². The number of rotatable bonds is 5. The molecule has 1 aromatic heterocycles. The summed E-state index contributed by atoms with van der Waals surface area (Å²) < 4.78 is 2.18. The Bertz CT molecular complexity index is 514. The number of aromatic hydroxyl groups is 1. The van der Waals surface area contributed by atoms with E-state index in [1.54, 1.807) is 12.1 Å². The molecule has 0 aliphatic carbocycles. The summed E-state index contributed by atoms with van der Waals surface area (Å²) in [5.74, 6) is 0.876. The summed E-state index contributed by atoms with van der Waals surface area (Å²) in [6.45, 7) is 5.27. The molecule has 3 nitrogen and oxygen atoms in total. The van der Waals surface area contributed by atoms with Crippen LogP contribution >= 0.6 is 0 Å². The minimum atomic E-state index is 0.312. The van der Waals surface area contributed by atoms with Crippen LogP contribution in [0.3, 0.4) is 0 Å². The summed E-state index contributed by atoms with van der Waals surface area (Å²) in [6.07, 6.45) is 4.29. The zero-order chi connectivity index (χ0) is 13.8. The van der Waals surface area contributed by atoms with E-state index in [4.69, 9.17) is 0 Å². The molecule has 102 valence electrons. The Hall–Kier alpha value is -1.74. The van der Waals surface area contributed by atoms with Crippen molar-refractivity contribution in [1.82, 2.24) is 9.88 Å². The number of phenolic OH excluding ortho intramolecular Hbond substituents is 1. The SMILES string of the molecule is CNC(c1ccn(Cc2ccc(O)cc2)c1)C(C)C. The summed E-state index contributed by atoms with van der Waals surface area (Å²) in [5, 5.41) is 12.6. The van der Waals surface area contributed by atoms with Gasteiger partial charge in [0.1, 0.15) is 5.75 Å². The van der Waals surface area contributed by atoms with E-state index < -0.39 is 0 Å². The van der Waals surface area contributed by atoms with E-state index in [1.165, 1.54) is 11.1 Å². The van der Waals surface area contributed by atoms with Gasteiger partial charge in [0.15, 0.2) is 0 Å². The Morgan fingerprint density at radius 3 is 2.42 bits per heavy atom. The summed E-state index contributed by atoms with van der Waals surface area (Å²) in [5.41, 5.74) is 2.50. The van der Waals surface area contributed by atoms with E-state index in [-0.39, 0.29) is 0 Å². The Labute approximate surface area is 114 Å². The highest BCUT2D eigenvalue weighted by atomic mass is 16.3. The van der Waals surface area contributed by atoms with Crippen LogP contribution < -0.4 is 5.32 Å². The van der Waals surface area contributed by atoms with Crippen LogP contribution in [-0.2, 0) is 6.54 Å². The average Bonchev–Trinajstić information content (AvgIpc) is 2.81. The summed E-state index contributed by atoms with van der Waals surface area (Å²) in [4.78, 5) is 0. The number of hydrogen-bond acceptors (Lipinski definition) is 2. The van der Waals surface area contributed by atoms with Gasteiger partial charge in [-0.25, -0.2) is 0 Å². The normalized spacial score (nSPS) is 12.8. The Morgan fingerprint density at radius 2 is 1.84 bits per heavy atom. The Kier molecular flexibility index (Phi) is 4.27. The first-order chi connectivity index (χ1) is 9.10. The highest BCUT2D eigenvalue weighted by Crippen LogP contribution is 2.22. The maximum absolute atomic E-state index is 9.28. The number of nitrogens with one attached hydrogen (secondary N) is 1. The largest absolute Gasteiger partial charge is 0.508 e. The number of benzene rings is 1. The lowest BCUT2D eigenvalue weighted by molar-refractivity contribution is 0.442. The average molecular weight is 258 g/mol. The molecule has 0 amide bonds. The maximum atomic E-state index is 9.28. The molecule has 1 atom stereocenters. The van der Waals surface area contributed by atoms with Crippen molar-refractivity contribution in [2.24, 2.45) is 5.92 Å². The van der Waals surface area contributed by atoms with Gasteiger partial charge in [0.25, 0.3) is 0 Å². The quantitative estimate of drug-likeness (QED) is 0.864. The monoisotopic (exact) mass is 258 g/mol. The van der Waals surface area contributed by atoms with Gasteiger partial charge in [-0.05, 0) is 42.3 Å². The van der Waals surface area contributed by atoms with E-state index >= 15 is 0 Å². The van der Waals surface area contributed by atoms with Gasteiger partial charge in [-0.1, -0.05) is 26.0 Å². The van der Waals surface area contributed by atoms with Crippen molar-refractivity contribution in [3.63, 3.8) is 0 Å². The zero-order valence-electron chi connectivity index (χ0n) is 11.8. The molecule has 1 aromatic carbocycles. The van der Waals surface area contributed by atoms with Gasteiger partial charge in [0, 0.05) is 25.0 Å². The standard InChI is InChI=1S/C16H22N2O/c1-12(2)16(17-3)14-8-9-18(11-14)10-13-4-6-15(19)7-5-13/h4-9,11-12,16-17,19H,10H2,1-3H3. The summed E-state index contributed by atoms with van der Waals surface area (Å²) in [6, 6.07) is 9.91. The van der Waals surface area contributed by atoms with E-state index in [9.17, 15) is 5.11 Å². The fourth-order valence-corrected chi connectivity index (χ4v) is 2.44. The van der Waals surface area contributed by atoms with Gasteiger partial charge in [-0.2, -0.15) is 0 Å². The Morgan fingerprint density at radius 1 is 1.16 bits per heavy atom. The van der Waals surface area contributed by atoms with E-state index in [0.29, 0.717) is 17.7 Å². The molecule has 1 unspecified atom stereocenters. The van der Waals surface area contributed by atoms with Crippen molar-refractivity contribution in [3.05, 3.63) is 53.9 Å². The maximum Gasteiger partial charge on any atom is 0.115 e. The van der Waals surface area contributed by atoms with Crippen LogP contribution in [0.15, 0.2) is 42.7 Å². The lowest BCUT2D eigenvalue weighted by atomic mass is 9.99. The van der Waals surface area contributed by atoms with Gasteiger partial charge in [0.2, 0.25) is 0 Å². The second-order valence-electron chi connectivity index (χ2n) is 5.29. The minimum Gasteiger partial charge on any atom is -0.508 e. The molecule has 19 heavy (non-hydrogen) atoms. The first kappa shape index (κ1) is 13.7. The topological polar surface area (TPSA) is 37.2 Å². The number of phenols is 1. The van der Waals surface area contributed by atoms with Gasteiger partial charge < -0.3 is 15.0 Å². The first-order valence-corrected chi connectivity index (χ1v) is 6.71. The number of hydrogen-bond donors (Lipinski definition) is 2. The van der Waals surface area contributed by atoms with Crippen molar-refractivity contribution < 1.29 is 5.11 Å². The predicted molar refractivity (Wildman–Crippen MR) is 78.3 cm³/mol. The van der Waals surface area contributed by atoms with Crippen molar-refractivity contribution in [3.8, 4) is 5.75 Å².